The topological polar surface area (TPSA) is 86.8 Å². The number of nitriles is 1. The molecule has 3 heterocycles. The van der Waals surface area contributed by atoms with Gasteiger partial charge in [0, 0.05) is 50.2 Å². The Morgan fingerprint density at radius 3 is 2.60 bits per heavy atom. The van der Waals surface area contributed by atoms with Gasteiger partial charge in [0.15, 0.2) is 5.65 Å². The molecule has 0 radical (unpaired) electrons. The summed E-state index contributed by atoms with van der Waals surface area (Å²) in [7, 11) is 0. The van der Waals surface area contributed by atoms with E-state index in [-0.39, 0.29) is 6.09 Å². The number of piperazine rings is 1. The molecule has 30 heavy (non-hydrogen) atoms. The van der Waals surface area contributed by atoms with Gasteiger partial charge in [-0.05, 0) is 38.5 Å². The van der Waals surface area contributed by atoms with Gasteiger partial charge in [-0.2, -0.15) is 10.4 Å². The highest BCUT2D eigenvalue weighted by Crippen LogP contribution is 2.28. The predicted octanol–water partition coefficient (Wildman–Crippen LogP) is 3.33. The molecule has 4 rings (SSSR count). The molecular weight excluding hydrogens is 380 g/mol. The Labute approximate surface area is 175 Å². The van der Waals surface area contributed by atoms with Crippen LogP contribution in [-0.4, -0.2) is 57.4 Å². The first-order valence-electron chi connectivity index (χ1n) is 9.91. The number of benzene rings is 1. The minimum Gasteiger partial charge on any atom is -0.444 e. The number of anilines is 1. The summed E-state index contributed by atoms with van der Waals surface area (Å²) in [4.78, 5) is 20.5. The zero-order chi connectivity index (χ0) is 21.3. The highest BCUT2D eigenvalue weighted by molar-refractivity contribution is 5.72. The Bertz CT molecular complexity index is 1120. The molecule has 0 spiro atoms. The third-order valence-corrected chi connectivity index (χ3v) is 4.97. The first kappa shape index (κ1) is 19.7. The van der Waals surface area contributed by atoms with E-state index in [1.807, 2.05) is 51.2 Å². The number of ether oxygens (including phenoxy) is 1. The molecule has 2 aromatic heterocycles. The van der Waals surface area contributed by atoms with Gasteiger partial charge in [-0.25, -0.2) is 14.3 Å². The van der Waals surface area contributed by atoms with Crippen LogP contribution in [0.2, 0.25) is 0 Å². The predicted molar refractivity (Wildman–Crippen MR) is 113 cm³/mol. The van der Waals surface area contributed by atoms with Crippen molar-refractivity contribution >= 4 is 17.4 Å². The molecule has 0 saturated carbocycles. The van der Waals surface area contributed by atoms with E-state index in [1.165, 1.54) is 0 Å². The summed E-state index contributed by atoms with van der Waals surface area (Å²) in [6, 6.07) is 9.98. The zero-order valence-electron chi connectivity index (χ0n) is 17.4. The number of aromatic nitrogens is 3. The molecule has 8 heteroatoms. The van der Waals surface area contributed by atoms with Gasteiger partial charge in [-0.1, -0.05) is 6.07 Å². The largest absolute Gasteiger partial charge is 0.444 e. The standard InChI is InChI=1S/C22H24N6O2/c1-22(2,3)30-21(29)27-10-8-26(9-11-27)19-5-4-16(12-17(19)13-23)18-14-24-20-6-7-25-28(20)15-18/h4-7,12,14-15H,8-11H2,1-3H3. The number of carbonyl (C=O) groups is 1. The van der Waals surface area contributed by atoms with E-state index in [0.29, 0.717) is 31.7 Å². The molecule has 0 aliphatic carbocycles. The van der Waals surface area contributed by atoms with Crippen molar-refractivity contribution in [3.8, 4) is 17.2 Å². The number of fused-ring (bicyclic) bond motifs is 1. The second-order valence-electron chi connectivity index (χ2n) is 8.27. The van der Waals surface area contributed by atoms with Crippen LogP contribution in [0.25, 0.3) is 16.8 Å². The zero-order valence-corrected chi connectivity index (χ0v) is 17.4. The molecule has 0 atom stereocenters. The maximum Gasteiger partial charge on any atom is 0.410 e. The molecule has 0 bridgehead atoms. The number of carbonyl (C=O) groups excluding carboxylic acids is 1. The fraction of sp³-hybridized carbons (Fsp3) is 0.364. The van der Waals surface area contributed by atoms with Gasteiger partial charge in [0.05, 0.1) is 17.4 Å². The Morgan fingerprint density at radius 2 is 1.90 bits per heavy atom. The minimum absolute atomic E-state index is 0.292. The van der Waals surface area contributed by atoms with Crippen LogP contribution in [0.4, 0.5) is 10.5 Å². The van der Waals surface area contributed by atoms with Gasteiger partial charge in [0.2, 0.25) is 0 Å². The average molecular weight is 404 g/mol. The molecule has 1 amide bonds. The number of amides is 1. The SMILES string of the molecule is CC(C)(C)OC(=O)N1CCN(c2ccc(-c3cnc4ccnn4c3)cc2C#N)CC1. The summed E-state index contributed by atoms with van der Waals surface area (Å²) in [5.74, 6) is 0. The van der Waals surface area contributed by atoms with Crippen LogP contribution < -0.4 is 4.90 Å². The summed E-state index contributed by atoms with van der Waals surface area (Å²) in [6.45, 7) is 8.00. The van der Waals surface area contributed by atoms with Gasteiger partial charge >= 0.3 is 6.09 Å². The van der Waals surface area contributed by atoms with Crippen molar-refractivity contribution in [1.29, 1.82) is 5.26 Å². The third-order valence-electron chi connectivity index (χ3n) is 4.97. The Balaban J connectivity index is 1.50. The lowest BCUT2D eigenvalue weighted by atomic mass is 10.0. The van der Waals surface area contributed by atoms with E-state index in [2.05, 4.69) is 21.1 Å². The maximum absolute atomic E-state index is 12.3. The van der Waals surface area contributed by atoms with Gasteiger partial charge in [-0.3, -0.25) is 0 Å². The van der Waals surface area contributed by atoms with Crippen LogP contribution in [-0.2, 0) is 4.74 Å². The van der Waals surface area contributed by atoms with E-state index >= 15 is 0 Å². The van der Waals surface area contributed by atoms with Crippen LogP contribution in [0.1, 0.15) is 26.3 Å². The van der Waals surface area contributed by atoms with Crippen molar-refractivity contribution < 1.29 is 9.53 Å². The van der Waals surface area contributed by atoms with Crippen molar-refractivity contribution in [2.75, 3.05) is 31.1 Å². The summed E-state index contributed by atoms with van der Waals surface area (Å²) in [5.41, 5.74) is 3.54. The molecule has 154 valence electrons. The Morgan fingerprint density at radius 1 is 1.13 bits per heavy atom. The number of nitrogens with zero attached hydrogens (tertiary/aromatic N) is 6. The van der Waals surface area contributed by atoms with Crippen LogP contribution >= 0.6 is 0 Å². The Hall–Kier alpha value is -3.60. The molecule has 1 aromatic carbocycles. The second kappa shape index (κ2) is 7.67. The lowest BCUT2D eigenvalue weighted by Crippen LogP contribution is -2.50. The molecule has 0 unspecified atom stereocenters. The van der Waals surface area contributed by atoms with Crippen LogP contribution in [0.5, 0.6) is 0 Å². The fourth-order valence-corrected chi connectivity index (χ4v) is 3.50. The number of hydrogen-bond donors (Lipinski definition) is 0. The molecule has 3 aromatic rings. The Kier molecular flexibility index (Phi) is 5.04. The van der Waals surface area contributed by atoms with E-state index < -0.39 is 5.60 Å². The molecule has 1 fully saturated rings. The second-order valence-corrected chi connectivity index (χ2v) is 8.27. The van der Waals surface area contributed by atoms with Gasteiger partial charge in [-0.15, -0.1) is 0 Å². The van der Waals surface area contributed by atoms with Crippen molar-refractivity contribution in [3.05, 3.63) is 48.4 Å². The summed E-state index contributed by atoms with van der Waals surface area (Å²) >= 11 is 0. The monoisotopic (exact) mass is 404 g/mol. The maximum atomic E-state index is 12.3. The van der Waals surface area contributed by atoms with Crippen molar-refractivity contribution in [1.82, 2.24) is 19.5 Å². The van der Waals surface area contributed by atoms with Crippen LogP contribution in [0, 0.1) is 11.3 Å². The van der Waals surface area contributed by atoms with Gasteiger partial charge in [0.1, 0.15) is 11.7 Å². The minimum atomic E-state index is -0.508. The van der Waals surface area contributed by atoms with Gasteiger partial charge in [0.25, 0.3) is 0 Å². The van der Waals surface area contributed by atoms with Crippen LogP contribution in [0.15, 0.2) is 42.9 Å². The summed E-state index contributed by atoms with van der Waals surface area (Å²) < 4.78 is 7.17. The first-order chi connectivity index (χ1) is 14.3. The molecule has 8 nitrogen and oxygen atoms in total. The highest BCUT2D eigenvalue weighted by Gasteiger charge is 2.26. The van der Waals surface area contributed by atoms with E-state index in [0.717, 1.165) is 22.5 Å². The average Bonchev–Trinajstić information content (AvgIpc) is 3.20. The number of hydrogen-bond acceptors (Lipinski definition) is 6. The van der Waals surface area contributed by atoms with Crippen molar-refractivity contribution in [3.63, 3.8) is 0 Å². The highest BCUT2D eigenvalue weighted by atomic mass is 16.6. The molecule has 0 N–H and O–H groups in total. The van der Waals surface area contributed by atoms with E-state index in [1.54, 1.807) is 21.8 Å². The van der Waals surface area contributed by atoms with Crippen molar-refractivity contribution in [2.45, 2.75) is 26.4 Å². The smallest absolute Gasteiger partial charge is 0.410 e. The van der Waals surface area contributed by atoms with E-state index in [9.17, 15) is 10.1 Å². The lowest BCUT2D eigenvalue weighted by Gasteiger charge is -2.37. The van der Waals surface area contributed by atoms with Crippen LogP contribution in [0.3, 0.4) is 0 Å². The molecule has 1 saturated heterocycles. The van der Waals surface area contributed by atoms with E-state index in [4.69, 9.17) is 4.74 Å². The summed E-state index contributed by atoms with van der Waals surface area (Å²) in [5, 5.41) is 14.0. The molecule has 1 aliphatic rings. The van der Waals surface area contributed by atoms with Gasteiger partial charge < -0.3 is 14.5 Å². The summed E-state index contributed by atoms with van der Waals surface area (Å²) in [6.07, 6.45) is 5.09. The lowest BCUT2D eigenvalue weighted by molar-refractivity contribution is 0.0240. The number of rotatable bonds is 2. The normalized spacial score (nSPS) is 14.6. The van der Waals surface area contributed by atoms with Crippen molar-refractivity contribution in [2.24, 2.45) is 0 Å². The fourth-order valence-electron chi connectivity index (χ4n) is 3.50. The quantitative estimate of drug-likeness (QED) is 0.651. The first-order valence-corrected chi connectivity index (χ1v) is 9.91. The molecule has 1 aliphatic heterocycles. The third kappa shape index (κ3) is 4.06. The molecular formula is C22H24N6O2.